The van der Waals surface area contributed by atoms with E-state index in [0.717, 1.165) is 57.8 Å². The van der Waals surface area contributed by atoms with Gasteiger partial charge in [0.25, 0.3) is 0 Å². The van der Waals surface area contributed by atoms with Gasteiger partial charge in [0, 0.05) is 12.8 Å². The lowest BCUT2D eigenvalue weighted by molar-refractivity contribution is -0.143. The summed E-state index contributed by atoms with van der Waals surface area (Å²) in [4.78, 5) is 24.4. The van der Waals surface area contributed by atoms with Crippen molar-refractivity contribution in [1.82, 2.24) is 5.32 Å². The molecule has 6 nitrogen and oxygen atoms in total. The smallest absolute Gasteiger partial charge is 0.305 e. The molecule has 0 spiro atoms. The molecular formula is C51H97NO5. The van der Waals surface area contributed by atoms with E-state index in [1.54, 1.807) is 6.08 Å². The van der Waals surface area contributed by atoms with Gasteiger partial charge in [0.15, 0.2) is 0 Å². The number of aliphatic hydroxyl groups excluding tert-OH is 2. The van der Waals surface area contributed by atoms with Crippen LogP contribution in [0.2, 0.25) is 0 Å². The molecule has 0 aliphatic carbocycles. The first-order valence-corrected chi connectivity index (χ1v) is 25.1. The van der Waals surface area contributed by atoms with Gasteiger partial charge in [-0.2, -0.15) is 0 Å². The minimum absolute atomic E-state index is 0.0266. The maximum Gasteiger partial charge on any atom is 0.305 e. The van der Waals surface area contributed by atoms with Crippen LogP contribution in [0.3, 0.4) is 0 Å². The zero-order valence-corrected chi connectivity index (χ0v) is 38.1. The molecule has 0 rings (SSSR count). The van der Waals surface area contributed by atoms with Crippen molar-refractivity contribution in [3.8, 4) is 0 Å². The van der Waals surface area contributed by atoms with Crippen molar-refractivity contribution in [1.29, 1.82) is 0 Å². The van der Waals surface area contributed by atoms with Crippen molar-refractivity contribution < 1.29 is 24.5 Å². The van der Waals surface area contributed by atoms with Crippen molar-refractivity contribution in [3.05, 3.63) is 24.3 Å². The summed E-state index contributed by atoms with van der Waals surface area (Å²) in [5, 5.41) is 23.1. The minimum Gasteiger partial charge on any atom is -0.466 e. The number of ether oxygens (including phenoxy) is 1. The van der Waals surface area contributed by atoms with E-state index in [1.165, 1.54) is 180 Å². The number of hydrogen-bond donors (Lipinski definition) is 3. The van der Waals surface area contributed by atoms with Crippen LogP contribution < -0.4 is 5.32 Å². The molecule has 0 aliphatic rings. The molecule has 6 heteroatoms. The molecule has 0 heterocycles. The molecular weight excluding hydrogens is 707 g/mol. The molecule has 0 aliphatic heterocycles. The SMILES string of the molecule is CCCC/C=C\CCCCCCCC(=O)OCCCCCCCCCCCCCC(=O)NC(CO)C(O)/C=C/CCCCCCCCCCCCCCCCCC. The molecule has 0 saturated carbocycles. The Hall–Kier alpha value is -1.66. The zero-order chi connectivity index (χ0) is 41.5. The lowest BCUT2D eigenvalue weighted by Gasteiger charge is -2.20. The van der Waals surface area contributed by atoms with Crippen LogP contribution in [0.4, 0.5) is 0 Å². The second-order valence-electron chi connectivity index (χ2n) is 17.1. The Labute approximate surface area is 354 Å². The molecule has 0 bridgehead atoms. The van der Waals surface area contributed by atoms with Crippen LogP contribution in [-0.2, 0) is 14.3 Å². The number of carbonyl (C=O) groups is 2. The number of rotatable bonds is 46. The first kappa shape index (κ1) is 55.3. The van der Waals surface area contributed by atoms with E-state index in [9.17, 15) is 19.8 Å². The van der Waals surface area contributed by atoms with Crippen LogP contribution in [0.5, 0.6) is 0 Å². The lowest BCUT2D eigenvalue weighted by Crippen LogP contribution is -2.45. The fraction of sp³-hybridized carbons (Fsp3) is 0.882. The van der Waals surface area contributed by atoms with E-state index in [0.29, 0.717) is 19.4 Å². The number of allylic oxidation sites excluding steroid dienone is 3. The molecule has 2 atom stereocenters. The molecule has 0 saturated heterocycles. The topological polar surface area (TPSA) is 95.9 Å². The number of hydrogen-bond acceptors (Lipinski definition) is 5. The third kappa shape index (κ3) is 43.7. The summed E-state index contributed by atoms with van der Waals surface area (Å²) < 4.78 is 5.43. The van der Waals surface area contributed by atoms with E-state index in [1.807, 2.05) is 6.08 Å². The van der Waals surface area contributed by atoms with Crippen LogP contribution in [0.25, 0.3) is 0 Å². The van der Waals surface area contributed by atoms with Crippen molar-refractivity contribution in [3.63, 3.8) is 0 Å². The van der Waals surface area contributed by atoms with Gasteiger partial charge in [-0.1, -0.05) is 224 Å². The number of esters is 1. The second-order valence-corrected chi connectivity index (χ2v) is 17.1. The van der Waals surface area contributed by atoms with Gasteiger partial charge < -0.3 is 20.3 Å². The molecule has 0 aromatic carbocycles. The predicted octanol–water partition coefficient (Wildman–Crippen LogP) is 14.7. The zero-order valence-electron chi connectivity index (χ0n) is 38.1. The van der Waals surface area contributed by atoms with Crippen LogP contribution in [0.1, 0.15) is 264 Å². The summed E-state index contributed by atoms with van der Waals surface area (Å²) in [7, 11) is 0. The Morgan fingerprint density at radius 1 is 0.474 bits per heavy atom. The molecule has 0 fully saturated rings. The van der Waals surface area contributed by atoms with Gasteiger partial charge in [0.2, 0.25) is 5.91 Å². The highest BCUT2D eigenvalue weighted by Gasteiger charge is 2.18. The fourth-order valence-corrected chi connectivity index (χ4v) is 7.55. The van der Waals surface area contributed by atoms with Crippen LogP contribution in [-0.4, -0.2) is 47.4 Å². The summed E-state index contributed by atoms with van der Waals surface area (Å²) in [6, 6.07) is -0.642. The minimum atomic E-state index is -0.856. The molecule has 2 unspecified atom stereocenters. The van der Waals surface area contributed by atoms with Gasteiger partial charge in [-0.05, 0) is 51.4 Å². The van der Waals surface area contributed by atoms with E-state index in [2.05, 4.69) is 31.3 Å². The number of carbonyl (C=O) groups excluding carboxylic acids is 2. The van der Waals surface area contributed by atoms with Gasteiger partial charge in [-0.3, -0.25) is 9.59 Å². The van der Waals surface area contributed by atoms with Crippen molar-refractivity contribution in [2.24, 2.45) is 0 Å². The highest BCUT2D eigenvalue weighted by molar-refractivity contribution is 5.76. The van der Waals surface area contributed by atoms with Crippen molar-refractivity contribution >= 4 is 11.9 Å². The van der Waals surface area contributed by atoms with Crippen molar-refractivity contribution in [2.45, 2.75) is 276 Å². The summed E-state index contributed by atoms with van der Waals surface area (Å²) in [5.41, 5.74) is 0. The maximum absolute atomic E-state index is 12.4. The fourth-order valence-electron chi connectivity index (χ4n) is 7.55. The van der Waals surface area contributed by atoms with Crippen LogP contribution in [0.15, 0.2) is 24.3 Å². The second kappa shape index (κ2) is 47.0. The third-order valence-corrected chi connectivity index (χ3v) is 11.5. The lowest BCUT2D eigenvalue weighted by atomic mass is 10.0. The van der Waals surface area contributed by atoms with Gasteiger partial charge in [-0.25, -0.2) is 0 Å². The Morgan fingerprint density at radius 2 is 0.842 bits per heavy atom. The molecule has 3 N–H and O–H groups in total. The predicted molar refractivity (Wildman–Crippen MR) is 246 cm³/mol. The molecule has 336 valence electrons. The van der Waals surface area contributed by atoms with E-state index >= 15 is 0 Å². The Morgan fingerprint density at radius 3 is 1.30 bits per heavy atom. The molecule has 57 heavy (non-hydrogen) atoms. The Bertz CT molecular complexity index is 889. The average molecular weight is 804 g/mol. The largest absolute Gasteiger partial charge is 0.466 e. The van der Waals surface area contributed by atoms with Gasteiger partial charge in [0.1, 0.15) is 0 Å². The first-order valence-electron chi connectivity index (χ1n) is 25.1. The highest BCUT2D eigenvalue weighted by atomic mass is 16.5. The Balaban J connectivity index is 3.53. The Kier molecular flexibility index (Phi) is 45.7. The van der Waals surface area contributed by atoms with E-state index < -0.39 is 12.1 Å². The number of unbranched alkanes of at least 4 members (excludes halogenated alkanes) is 33. The quantitative estimate of drug-likeness (QED) is 0.0324. The summed E-state index contributed by atoms with van der Waals surface area (Å²) in [5.74, 6) is -0.113. The van der Waals surface area contributed by atoms with Crippen LogP contribution >= 0.6 is 0 Å². The van der Waals surface area contributed by atoms with Gasteiger partial charge in [-0.15, -0.1) is 0 Å². The number of amides is 1. The highest BCUT2D eigenvalue weighted by Crippen LogP contribution is 2.16. The van der Waals surface area contributed by atoms with E-state index in [4.69, 9.17) is 4.74 Å². The van der Waals surface area contributed by atoms with E-state index in [-0.39, 0.29) is 18.5 Å². The number of aliphatic hydroxyl groups is 2. The summed E-state index contributed by atoms with van der Waals surface area (Å²) in [6.45, 7) is 4.82. The third-order valence-electron chi connectivity index (χ3n) is 11.5. The standard InChI is InChI=1S/C51H97NO5/c1-3-5-7-9-11-13-15-16-17-18-19-20-21-24-27-31-35-39-43-49(54)48(47-53)52-50(55)44-40-36-32-28-25-22-26-30-34-38-42-46-57-51(56)45-41-37-33-29-23-14-12-10-8-6-4-2/h10,12,39,43,48-49,53-54H,3-9,11,13-38,40-42,44-47H2,1-2H3,(H,52,55)/b12-10-,43-39+. The maximum atomic E-state index is 12.4. The summed E-state index contributed by atoms with van der Waals surface area (Å²) >= 11 is 0. The van der Waals surface area contributed by atoms with Crippen LogP contribution in [0, 0.1) is 0 Å². The molecule has 0 aromatic rings. The van der Waals surface area contributed by atoms with Gasteiger partial charge in [0.05, 0.1) is 25.4 Å². The first-order chi connectivity index (χ1) is 28.0. The molecule has 0 radical (unpaired) electrons. The molecule has 0 aromatic heterocycles. The van der Waals surface area contributed by atoms with Crippen molar-refractivity contribution in [2.75, 3.05) is 13.2 Å². The van der Waals surface area contributed by atoms with Gasteiger partial charge >= 0.3 is 5.97 Å². The monoisotopic (exact) mass is 804 g/mol. The molecule has 1 amide bonds. The summed E-state index contributed by atoms with van der Waals surface area (Å²) in [6.07, 6.45) is 54.5. The average Bonchev–Trinajstić information content (AvgIpc) is 3.21. The normalized spacial score (nSPS) is 12.8. The number of nitrogens with one attached hydrogen (secondary N) is 1.